The minimum atomic E-state index is -7.27. The molecule has 15 heteroatoms. The molecule has 0 saturated carbocycles. The number of carbonyl (C=O) groups is 1. The Bertz CT molecular complexity index is 940. The number of rotatable bonds is 6. The van der Waals surface area contributed by atoms with Crippen LogP contribution in [0.25, 0.3) is 5.57 Å². The average Bonchev–Trinajstić information content (AvgIpc) is 2.66. The average molecular weight is 610 g/mol. The Hall–Kier alpha value is -1.91. The van der Waals surface area contributed by atoms with Crippen LogP contribution in [0.4, 0.5) is 48.3 Å². The van der Waals surface area contributed by atoms with Gasteiger partial charge in [0.05, 0.1) is 0 Å². The molecule has 0 spiro atoms. The van der Waals surface area contributed by atoms with E-state index in [4.69, 9.17) is 0 Å². The van der Waals surface area contributed by atoms with Gasteiger partial charge in [-0.25, -0.2) is 4.79 Å². The summed E-state index contributed by atoms with van der Waals surface area (Å²) in [4.78, 5) is 11.8. The van der Waals surface area contributed by atoms with Crippen LogP contribution in [0.3, 0.4) is 0 Å². The van der Waals surface area contributed by atoms with Crippen molar-refractivity contribution in [2.75, 3.05) is 0 Å². The van der Waals surface area contributed by atoms with E-state index in [9.17, 15) is 53.1 Å². The molecule has 184 valence electrons. The molecule has 2 rings (SSSR count). The van der Waals surface area contributed by atoms with Gasteiger partial charge >= 0.3 is 36.2 Å². The quantitative estimate of drug-likeness (QED) is 0.155. The summed E-state index contributed by atoms with van der Waals surface area (Å²) in [5.41, 5.74) is 1.10. The molecule has 0 bridgehead atoms. The fraction of sp³-hybridized carbons (Fsp3) is 0.389. The number of esters is 1. The molecule has 2 atom stereocenters. The molecule has 0 N–H and O–H groups in total. The molecule has 1 aromatic rings. The number of benzene rings is 1. The van der Waals surface area contributed by atoms with E-state index in [0.717, 1.165) is 6.08 Å². The van der Waals surface area contributed by atoms with Gasteiger partial charge in [-0.1, -0.05) is 42.5 Å². The Morgan fingerprint density at radius 1 is 0.879 bits per heavy atom. The molecule has 0 heterocycles. The highest BCUT2D eigenvalue weighted by atomic mass is 127. The third kappa shape index (κ3) is 5.44. The number of ether oxygens (including phenoxy) is 2. The SMILES string of the molecule is O=C(OC1(I)C=CC(c2ccccc2)=CC1)C(F)(OC(F)(F)C(F)(F)C(F)(F)F)C(F)(F)F. The summed E-state index contributed by atoms with van der Waals surface area (Å²) in [6.07, 6.45) is -18.0. The van der Waals surface area contributed by atoms with E-state index < -0.39 is 46.2 Å². The topological polar surface area (TPSA) is 35.5 Å². The fourth-order valence-corrected chi connectivity index (χ4v) is 2.96. The first-order chi connectivity index (χ1) is 14.8. The van der Waals surface area contributed by atoms with E-state index in [0.29, 0.717) is 11.1 Å². The third-order valence-electron chi connectivity index (χ3n) is 4.10. The predicted octanol–water partition coefficient (Wildman–Crippen LogP) is 6.74. The standard InChI is InChI=1S/C18H10F11IO3/c19-14(16(22,23)24,33-18(28,29)15(20,21)17(25,26)27)12(31)32-13(30)8-6-11(7-9-13)10-4-2-1-3-5-10/h1-8H,9H2. The van der Waals surface area contributed by atoms with E-state index in [2.05, 4.69) is 9.47 Å². The van der Waals surface area contributed by atoms with E-state index in [-0.39, 0.29) is 0 Å². The minimum absolute atomic E-state index is 0.441. The number of allylic oxidation sites excluding steroid dienone is 2. The van der Waals surface area contributed by atoms with E-state index >= 15 is 0 Å². The van der Waals surface area contributed by atoms with Crippen LogP contribution >= 0.6 is 22.6 Å². The predicted molar refractivity (Wildman–Crippen MR) is 97.9 cm³/mol. The van der Waals surface area contributed by atoms with Gasteiger partial charge in [-0.3, -0.25) is 4.74 Å². The lowest BCUT2D eigenvalue weighted by Crippen LogP contribution is -2.62. The van der Waals surface area contributed by atoms with Crippen LogP contribution in [0.5, 0.6) is 0 Å². The molecule has 3 nitrogen and oxygen atoms in total. The second kappa shape index (κ2) is 8.70. The van der Waals surface area contributed by atoms with Crippen molar-refractivity contribution in [2.24, 2.45) is 0 Å². The van der Waals surface area contributed by atoms with Crippen LogP contribution in [0.2, 0.25) is 0 Å². The first kappa shape index (κ1) is 27.3. The Labute approximate surface area is 191 Å². The molecule has 0 radical (unpaired) electrons. The van der Waals surface area contributed by atoms with Crippen LogP contribution in [-0.2, 0) is 14.3 Å². The summed E-state index contributed by atoms with van der Waals surface area (Å²) >= 11 is 1.19. The van der Waals surface area contributed by atoms with Crippen molar-refractivity contribution in [3.8, 4) is 0 Å². The number of alkyl halides is 12. The first-order valence-electron chi connectivity index (χ1n) is 8.41. The highest BCUT2D eigenvalue weighted by molar-refractivity contribution is 14.1. The van der Waals surface area contributed by atoms with Crippen LogP contribution in [0.1, 0.15) is 12.0 Å². The highest BCUT2D eigenvalue weighted by Gasteiger charge is 2.80. The maximum absolute atomic E-state index is 14.3. The largest absolute Gasteiger partial charge is 0.462 e. The van der Waals surface area contributed by atoms with Crippen molar-refractivity contribution in [1.82, 2.24) is 0 Å². The summed E-state index contributed by atoms with van der Waals surface area (Å²) in [7, 11) is 0. The highest BCUT2D eigenvalue weighted by Crippen LogP contribution is 2.51. The molecule has 0 saturated heterocycles. The van der Waals surface area contributed by atoms with Crippen molar-refractivity contribution < 1.29 is 62.6 Å². The number of halogens is 12. The van der Waals surface area contributed by atoms with Crippen molar-refractivity contribution in [3.05, 3.63) is 54.1 Å². The molecular formula is C18H10F11IO3. The summed E-state index contributed by atoms with van der Waals surface area (Å²) in [6, 6.07) is 8.23. The van der Waals surface area contributed by atoms with Gasteiger partial charge in [-0.05, 0) is 39.8 Å². The van der Waals surface area contributed by atoms with Gasteiger partial charge in [0.25, 0.3) is 0 Å². The summed E-state index contributed by atoms with van der Waals surface area (Å²) < 4.78 is 147. The molecule has 2 unspecified atom stereocenters. The lowest BCUT2D eigenvalue weighted by atomic mass is 9.98. The van der Waals surface area contributed by atoms with Gasteiger partial charge in [0.2, 0.25) is 0 Å². The first-order valence-corrected chi connectivity index (χ1v) is 9.49. The summed E-state index contributed by atoms with van der Waals surface area (Å²) in [5, 5.41) is 0. The van der Waals surface area contributed by atoms with Gasteiger partial charge in [-0.15, -0.1) is 0 Å². The lowest BCUT2D eigenvalue weighted by molar-refractivity contribution is -0.475. The molecule has 33 heavy (non-hydrogen) atoms. The van der Waals surface area contributed by atoms with Crippen LogP contribution in [-0.4, -0.2) is 39.8 Å². The molecule has 1 aliphatic carbocycles. The van der Waals surface area contributed by atoms with Crippen LogP contribution in [0, 0.1) is 0 Å². The second-order valence-corrected chi connectivity index (χ2v) is 8.35. The fourth-order valence-electron chi connectivity index (χ4n) is 2.36. The van der Waals surface area contributed by atoms with Gasteiger partial charge in [0.15, 0.2) is 3.61 Å². The maximum atomic E-state index is 14.3. The zero-order chi connectivity index (χ0) is 25.5. The monoisotopic (exact) mass is 610 g/mol. The van der Waals surface area contributed by atoms with E-state index in [1.54, 1.807) is 30.3 Å². The Morgan fingerprint density at radius 3 is 1.85 bits per heavy atom. The van der Waals surface area contributed by atoms with E-state index in [1.165, 1.54) is 34.7 Å². The van der Waals surface area contributed by atoms with Gasteiger partial charge in [0.1, 0.15) is 0 Å². The zero-order valence-electron chi connectivity index (χ0n) is 15.6. The van der Waals surface area contributed by atoms with Crippen molar-refractivity contribution in [3.63, 3.8) is 0 Å². The number of hydrogen-bond acceptors (Lipinski definition) is 3. The molecule has 0 aromatic heterocycles. The zero-order valence-corrected chi connectivity index (χ0v) is 17.7. The third-order valence-corrected chi connectivity index (χ3v) is 5.12. The number of hydrogen-bond donors (Lipinski definition) is 0. The smallest absolute Gasteiger partial charge is 0.439 e. The van der Waals surface area contributed by atoms with Crippen molar-refractivity contribution in [2.45, 2.75) is 40.3 Å². The van der Waals surface area contributed by atoms with Gasteiger partial charge in [-0.2, -0.15) is 48.3 Å². The molecule has 1 aromatic carbocycles. The van der Waals surface area contributed by atoms with Gasteiger partial charge in [0, 0.05) is 6.42 Å². The number of carbonyl (C=O) groups excluding carboxylic acids is 1. The molecule has 1 aliphatic rings. The Balaban J connectivity index is 2.30. The molecule has 0 aliphatic heterocycles. The Kier molecular flexibility index (Phi) is 7.21. The van der Waals surface area contributed by atoms with Crippen LogP contribution < -0.4 is 0 Å². The summed E-state index contributed by atoms with van der Waals surface area (Å²) in [5.74, 6) is -16.9. The molecule has 0 amide bonds. The van der Waals surface area contributed by atoms with Crippen LogP contribution in [0.15, 0.2) is 48.6 Å². The Morgan fingerprint density at radius 2 is 1.42 bits per heavy atom. The van der Waals surface area contributed by atoms with Gasteiger partial charge < -0.3 is 4.74 Å². The van der Waals surface area contributed by atoms with E-state index in [1.807, 2.05) is 0 Å². The molecular weight excluding hydrogens is 600 g/mol. The van der Waals surface area contributed by atoms with Crippen molar-refractivity contribution in [1.29, 1.82) is 0 Å². The van der Waals surface area contributed by atoms with Crippen molar-refractivity contribution >= 4 is 34.1 Å². The second-order valence-electron chi connectivity index (χ2n) is 6.52. The lowest BCUT2D eigenvalue weighted by Gasteiger charge is -2.35. The summed E-state index contributed by atoms with van der Waals surface area (Å²) in [6.45, 7) is 0. The maximum Gasteiger partial charge on any atom is 0.462 e. The normalized spacial score (nSPS) is 21.9. The minimum Gasteiger partial charge on any atom is -0.439 e. The molecule has 0 fully saturated rings.